The fraction of sp³-hybridized carbons (Fsp3) is 0.226. The first-order valence-electron chi connectivity index (χ1n) is 12.9. The number of fused-ring (bicyclic) bond motifs is 3. The van der Waals surface area contributed by atoms with Crippen LogP contribution >= 0.6 is 0 Å². The number of imidazole rings is 1. The SMILES string of the molecule is Cc1nc2cnc3ccc(C#CCNC(=O)c4cccn([C@H](C)c5ccc(F)c(F)c5)c4=O)cc3c2n1C(C)C. The van der Waals surface area contributed by atoms with Gasteiger partial charge in [0.2, 0.25) is 0 Å². The summed E-state index contributed by atoms with van der Waals surface area (Å²) in [5.41, 5.74) is 3.21. The van der Waals surface area contributed by atoms with Gasteiger partial charge >= 0.3 is 0 Å². The van der Waals surface area contributed by atoms with Gasteiger partial charge in [0.05, 0.1) is 29.8 Å². The second kappa shape index (κ2) is 10.7. The van der Waals surface area contributed by atoms with Crippen LogP contribution in [0.25, 0.3) is 21.9 Å². The van der Waals surface area contributed by atoms with Gasteiger partial charge < -0.3 is 14.5 Å². The molecule has 3 aromatic heterocycles. The number of nitrogens with one attached hydrogen (secondary N) is 1. The first-order valence-corrected chi connectivity index (χ1v) is 12.9. The summed E-state index contributed by atoms with van der Waals surface area (Å²) in [6, 6.07) is 11.8. The largest absolute Gasteiger partial charge is 0.341 e. The van der Waals surface area contributed by atoms with Crippen molar-refractivity contribution >= 4 is 27.8 Å². The molecule has 40 heavy (non-hydrogen) atoms. The molecule has 2 aromatic carbocycles. The summed E-state index contributed by atoms with van der Waals surface area (Å²) in [5.74, 6) is 4.38. The zero-order valence-electron chi connectivity index (χ0n) is 22.5. The molecule has 202 valence electrons. The molecule has 1 amide bonds. The number of carbonyl (C=O) groups is 1. The average Bonchev–Trinajstić information content (AvgIpc) is 3.28. The number of amides is 1. The maximum absolute atomic E-state index is 13.7. The fourth-order valence-electron chi connectivity index (χ4n) is 4.89. The van der Waals surface area contributed by atoms with Gasteiger partial charge in [-0.15, -0.1) is 0 Å². The number of halogens is 2. The number of aromatic nitrogens is 4. The summed E-state index contributed by atoms with van der Waals surface area (Å²) in [4.78, 5) is 35.0. The minimum atomic E-state index is -1.00. The third kappa shape index (κ3) is 4.96. The van der Waals surface area contributed by atoms with Gasteiger partial charge in [-0.05, 0) is 75.7 Å². The number of carbonyl (C=O) groups excluding carboxylic acids is 1. The Morgan fingerprint density at radius 1 is 1.05 bits per heavy atom. The van der Waals surface area contributed by atoms with Gasteiger partial charge in [0.25, 0.3) is 11.5 Å². The van der Waals surface area contributed by atoms with Gasteiger partial charge in [-0.3, -0.25) is 14.6 Å². The van der Waals surface area contributed by atoms with Crippen molar-refractivity contribution in [2.24, 2.45) is 0 Å². The van der Waals surface area contributed by atoms with Crippen molar-refractivity contribution < 1.29 is 13.6 Å². The standard InChI is InChI=1S/C31H27F2N5O2/c1-18(2)38-20(4)36-28-17-35-27-12-9-21(15-24(27)29(28)38)7-5-13-34-30(39)23-8-6-14-37(31(23)40)19(3)22-10-11-25(32)26(33)16-22/h6,8-12,14-19H,13H2,1-4H3,(H,34,39)/t19-/m1/s1. The zero-order valence-corrected chi connectivity index (χ0v) is 22.5. The summed E-state index contributed by atoms with van der Waals surface area (Å²) in [7, 11) is 0. The number of aryl methyl sites for hydroxylation is 1. The first kappa shape index (κ1) is 26.8. The molecule has 1 atom stereocenters. The smallest absolute Gasteiger partial charge is 0.263 e. The molecule has 3 heterocycles. The number of hydrogen-bond acceptors (Lipinski definition) is 4. The van der Waals surface area contributed by atoms with Crippen LogP contribution in [0.5, 0.6) is 0 Å². The number of benzene rings is 2. The molecule has 0 spiro atoms. The van der Waals surface area contributed by atoms with E-state index in [4.69, 9.17) is 0 Å². The molecule has 0 aliphatic rings. The van der Waals surface area contributed by atoms with Crippen LogP contribution in [0.4, 0.5) is 8.78 Å². The Morgan fingerprint density at radius 2 is 1.85 bits per heavy atom. The Morgan fingerprint density at radius 3 is 2.60 bits per heavy atom. The highest BCUT2D eigenvalue weighted by Crippen LogP contribution is 2.28. The van der Waals surface area contributed by atoms with E-state index in [-0.39, 0.29) is 18.2 Å². The molecule has 5 rings (SSSR count). The van der Waals surface area contributed by atoms with E-state index in [1.165, 1.54) is 22.9 Å². The number of rotatable bonds is 5. The first-order chi connectivity index (χ1) is 19.2. The molecule has 0 bridgehead atoms. The van der Waals surface area contributed by atoms with Gasteiger partial charge in [0.15, 0.2) is 11.6 Å². The molecule has 5 aromatic rings. The van der Waals surface area contributed by atoms with E-state index >= 15 is 0 Å². The minimum absolute atomic E-state index is 0.0232. The van der Waals surface area contributed by atoms with Crippen molar-refractivity contribution in [3.8, 4) is 11.8 Å². The van der Waals surface area contributed by atoms with Gasteiger partial charge in [0.1, 0.15) is 16.9 Å². The van der Waals surface area contributed by atoms with Crippen molar-refractivity contribution in [3.05, 3.63) is 105 Å². The molecule has 0 saturated carbocycles. The lowest BCUT2D eigenvalue weighted by Crippen LogP contribution is -2.34. The Hall–Kier alpha value is -4.84. The van der Waals surface area contributed by atoms with Crippen LogP contribution in [0.3, 0.4) is 0 Å². The van der Waals surface area contributed by atoms with E-state index in [1.807, 2.05) is 25.1 Å². The Kier molecular flexibility index (Phi) is 7.18. The quantitative estimate of drug-likeness (QED) is 0.307. The lowest BCUT2D eigenvalue weighted by Gasteiger charge is -2.16. The van der Waals surface area contributed by atoms with Crippen molar-refractivity contribution in [1.29, 1.82) is 0 Å². The molecule has 7 nitrogen and oxygen atoms in total. The zero-order chi connectivity index (χ0) is 28.6. The predicted molar refractivity (Wildman–Crippen MR) is 150 cm³/mol. The normalized spacial score (nSPS) is 12.0. The second-order valence-electron chi connectivity index (χ2n) is 9.82. The molecule has 0 saturated heterocycles. The van der Waals surface area contributed by atoms with Crippen LogP contribution in [0.1, 0.15) is 60.2 Å². The summed E-state index contributed by atoms with van der Waals surface area (Å²) in [6.07, 6.45) is 3.28. The van der Waals surface area contributed by atoms with Crippen molar-refractivity contribution in [2.75, 3.05) is 6.54 Å². The highest BCUT2D eigenvalue weighted by molar-refractivity contribution is 6.03. The Balaban J connectivity index is 1.34. The molecular formula is C31H27F2N5O2. The van der Waals surface area contributed by atoms with Gasteiger partial charge in [-0.2, -0.15) is 0 Å². The molecule has 1 N–H and O–H groups in total. The molecule has 0 aliphatic carbocycles. The van der Waals surface area contributed by atoms with Gasteiger partial charge in [0, 0.05) is 23.2 Å². The maximum Gasteiger partial charge on any atom is 0.263 e. The second-order valence-corrected chi connectivity index (χ2v) is 9.82. The van der Waals surface area contributed by atoms with Crippen LogP contribution in [-0.4, -0.2) is 31.6 Å². The summed E-state index contributed by atoms with van der Waals surface area (Å²) in [5, 5.41) is 3.61. The van der Waals surface area contributed by atoms with Gasteiger partial charge in [-0.1, -0.05) is 17.9 Å². The fourth-order valence-corrected chi connectivity index (χ4v) is 4.89. The highest BCUT2D eigenvalue weighted by atomic mass is 19.2. The van der Waals surface area contributed by atoms with Crippen LogP contribution in [0.2, 0.25) is 0 Å². The minimum Gasteiger partial charge on any atom is -0.341 e. The van der Waals surface area contributed by atoms with E-state index in [1.54, 1.807) is 19.2 Å². The maximum atomic E-state index is 13.7. The van der Waals surface area contributed by atoms with Crippen molar-refractivity contribution in [3.63, 3.8) is 0 Å². The highest BCUT2D eigenvalue weighted by Gasteiger charge is 2.17. The monoisotopic (exact) mass is 539 g/mol. The number of pyridine rings is 2. The lowest BCUT2D eigenvalue weighted by atomic mass is 10.1. The summed E-state index contributed by atoms with van der Waals surface area (Å²) >= 11 is 0. The van der Waals surface area contributed by atoms with Crippen LogP contribution < -0.4 is 10.9 Å². The van der Waals surface area contributed by atoms with Crippen molar-refractivity contribution in [2.45, 2.75) is 39.8 Å². The molecular weight excluding hydrogens is 512 g/mol. The number of hydrogen-bond donors (Lipinski definition) is 1. The molecule has 9 heteroatoms. The molecule has 0 fully saturated rings. The van der Waals surface area contributed by atoms with Crippen LogP contribution in [0.15, 0.2) is 65.7 Å². The third-order valence-electron chi connectivity index (χ3n) is 6.84. The van der Waals surface area contributed by atoms with E-state index in [0.717, 1.165) is 45.5 Å². The lowest BCUT2D eigenvalue weighted by molar-refractivity contribution is 0.0956. The van der Waals surface area contributed by atoms with Gasteiger partial charge in [-0.25, -0.2) is 13.8 Å². The number of nitrogens with zero attached hydrogens (tertiary/aromatic N) is 4. The summed E-state index contributed by atoms with van der Waals surface area (Å²) < 4.78 is 30.5. The molecule has 0 aliphatic heterocycles. The molecule has 0 unspecified atom stereocenters. The Bertz CT molecular complexity index is 1900. The Labute approximate surface area is 229 Å². The van der Waals surface area contributed by atoms with E-state index in [2.05, 4.69) is 45.5 Å². The van der Waals surface area contributed by atoms with Crippen LogP contribution in [0, 0.1) is 30.4 Å². The van der Waals surface area contributed by atoms with Crippen molar-refractivity contribution in [1.82, 2.24) is 24.4 Å². The molecule has 0 radical (unpaired) electrons. The topological polar surface area (TPSA) is 81.8 Å². The predicted octanol–water partition coefficient (Wildman–Crippen LogP) is 5.30. The average molecular weight is 540 g/mol. The van der Waals surface area contributed by atoms with E-state index < -0.39 is 29.1 Å². The van der Waals surface area contributed by atoms with E-state index in [0.29, 0.717) is 5.56 Å². The summed E-state index contributed by atoms with van der Waals surface area (Å²) in [6.45, 7) is 7.89. The van der Waals surface area contributed by atoms with E-state index in [9.17, 15) is 18.4 Å². The van der Waals surface area contributed by atoms with Crippen LogP contribution in [-0.2, 0) is 0 Å². The third-order valence-corrected chi connectivity index (χ3v) is 6.84.